The zero-order valence-corrected chi connectivity index (χ0v) is 15.7. The SMILES string of the molecule is Cc1cc(N2CCN(c3cc(C(C)(C)C)ncn3)CC2)n2ncnc2n1. The Balaban J connectivity index is 1.53. The van der Waals surface area contributed by atoms with Gasteiger partial charge in [0.05, 0.1) is 5.69 Å². The van der Waals surface area contributed by atoms with Gasteiger partial charge in [0.2, 0.25) is 0 Å². The van der Waals surface area contributed by atoms with Crippen LogP contribution in [0.15, 0.2) is 24.8 Å². The van der Waals surface area contributed by atoms with Crippen LogP contribution in [-0.2, 0) is 5.41 Å². The van der Waals surface area contributed by atoms with Crippen molar-refractivity contribution in [1.82, 2.24) is 29.5 Å². The van der Waals surface area contributed by atoms with E-state index in [9.17, 15) is 0 Å². The first-order chi connectivity index (χ1) is 12.4. The summed E-state index contributed by atoms with van der Waals surface area (Å²) in [5.41, 5.74) is 2.04. The van der Waals surface area contributed by atoms with Crippen LogP contribution in [0.5, 0.6) is 0 Å². The van der Waals surface area contributed by atoms with Crippen LogP contribution >= 0.6 is 0 Å². The number of nitrogens with zero attached hydrogens (tertiary/aromatic N) is 8. The molecule has 1 saturated heterocycles. The van der Waals surface area contributed by atoms with Crippen LogP contribution < -0.4 is 9.80 Å². The number of hydrogen-bond donors (Lipinski definition) is 0. The van der Waals surface area contributed by atoms with Gasteiger partial charge in [0.25, 0.3) is 5.78 Å². The fraction of sp³-hybridized carbons (Fsp3) is 0.500. The molecule has 136 valence electrons. The van der Waals surface area contributed by atoms with Gasteiger partial charge in [-0.1, -0.05) is 20.8 Å². The summed E-state index contributed by atoms with van der Waals surface area (Å²) in [4.78, 5) is 22.2. The van der Waals surface area contributed by atoms with E-state index >= 15 is 0 Å². The lowest BCUT2D eigenvalue weighted by molar-refractivity contribution is 0.564. The van der Waals surface area contributed by atoms with E-state index in [1.54, 1.807) is 12.7 Å². The summed E-state index contributed by atoms with van der Waals surface area (Å²) >= 11 is 0. The van der Waals surface area contributed by atoms with Crippen molar-refractivity contribution in [3.05, 3.63) is 36.2 Å². The van der Waals surface area contributed by atoms with Crippen molar-refractivity contribution in [2.45, 2.75) is 33.1 Å². The lowest BCUT2D eigenvalue weighted by Crippen LogP contribution is -2.47. The molecule has 0 unspecified atom stereocenters. The molecule has 0 aliphatic carbocycles. The van der Waals surface area contributed by atoms with Gasteiger partial charge in [-0.25, -0.2) is 15.0 Å². The Bertz CT molecular complexity index is 918. The maximum atomic E-state index is 4.49. The third-order valence-corrected chi connectivity index (χ3v) is 4.71. The van der Waals surface area contributed by atoms with E-state index in [-0.39, 0.29) is 5.41 Å². The summed E-state index contributed by atoms with van der Waals surface area (Å²) in [6.45, 7) is 12.1. The number of aryl methyl sites for hydroxylation is 1. The molecule has 0 bridgehead atoms. The molecule has 0 radical (unpaired) electrons. The van der Waals surface area contributed by atoms with Crippen LogP contribution in [0.2, 0.25) is 0 Å². The van der Waals surface area contributed by atoms with Gasteiger partial charge in [0, 0.05) is 49.4 Å². The standard InChI is InChI=1S/C18H24N8/c1-13-9-16(26-17(23-13)21-12-22-26)25-7-5-24(6-8-25)15-10-14(18(2,3)4)19-11-20-15/h9-12H,5-8H2,1-4H3. The van der Waals surface area contributed by atoms with Crippen molar-refractivity contribution in [2.75, 3.05) is 36.0 Å². The Morgan fingerprint density at radius 3 is 2.35 bits per heavy atom. The predicted octanol–water partition coefficient (Wildman–Crippen LogP) is 1.85. The molecule has 0 aromatic carbocycles. The molecule has 8 heteroatoms. The highest BCUT2D eigenvalue weighted by atomic mass is 15.4. The van der Waals surface area contributed by atoms with Crippen LogP contribution in [0.4, 0.5) is 11.6 Å². The van der Waals surface area contributed by atoms with E-state index in [0.29, 0.717) is 5.78 Å². The van der Waals surface area contributed by atoms with Crippen molar-refractivity contribution in [1.29, 1.82) is 0 Å². The molecule has 0 atom stereocenters. The molecule has 3 aromatic heterocycles. The summed E-state index contributed by atoms with van der Waals surface area (Å²) < 4.78 is 1.81. The zero-order chi connectivity index (χ0) is 18.3. The fourth-order valence-corrected chi connectivity index (χ4v) is 3.23. The van der Waals surface area contributed by atoms with Crippen LogP contribution in [-0.4, -0.2) is 55.7 Å². The summed E-state index contributed by atoms with van der Waals surface area (Å²) in [5.74, 6) is 2.69. The first-order valence-corrected chi connectivity index (χ1v) is 8.91. The lowest BCUT2D eigenvalue weighted by Gasteiger charge is -2.36. The average Bonchev–Trinajstić information content (AvgIpc) is 3.09. The first-order valence-electron chi connectivity index (χ1n) is 8.91. The average molecular weight is 352 g/mol. The van der Waals surface area contributed by atoms with Gasteiger partial charge in [-0.3, -0.25) is 0 Å². The molecule has 8 nitrogen and oxygen atoms in total. The number of hydrogen-bond acceptors (Lipinski definition) is 7. The zero-order valence-electron chi connectivity index (χ0n) is 15.7. The summed E-state index contributed by atoms with van der Waals surface area (Å²) in [6.07, 6.45) is 3.23. The van der Waals surface area contributed by atoms with E-state index in [4.69, 9.17) is 0 Å². The Kier molecular flexibility index (Phi) is 3.97. The highest BCUT2D eigenvalue weighted by Crippen LogP contribution is 2.24. The minimum Gasteiger partial charge on any atom is -0.353 e. The predicted molar refractivity (Wildman–Crippen MR) is 101 cm³/mol. The van der Waals surface area contributed by atoms with E-state index in [2.05, 4.69) is 67.7 Å². The quantitative estimate of drug-likeness (QED) is 0.696. The Morgan fingerprint density at radius 1 is 0.885 bits per heavy atom. The van der Waals surface area contributed by atoms with Crippen LogP contribution in [0, 0.1) is 6.92 Å². The minimum atomic E-state index is 0.0206. The summed E-state index contributed by atoms with van der Waals surface area (Å²) in [7, 11) is 0. The molecule has 3 aromatic rings. The van der Waals surface area contributed by atoms with E-state index in [0.717, 1.165) is 49.2 Å². The van der Waals surface area contributed by atoms with Crippen molar-refractivity contribution in [3.63, 3.8) is 0 Å². The van der Waals surface area contributed by atoms with Gasteiger partial charge in [-0.05, 0) is 6.92 Å². The Morgan fingerprint density at radius 2 is 1.62 bits per heavy atom. The van der Waals surface area contributed by atoms with E-state index in [1.807, 2.05) is 11.4 Å². The summed E-state index contributed by atoms with van der Waals surface area (Å²) in [5, 5.41) is 4.32. The number of rotatable bonds is 2. The van der Waals surface area contributed by atoms with E-state index < -0.39 is 0 Å². The number of fused-ring (bicyclic) bond motifs is 1. The third kappa shape index (κ3) is 3.07. The van der Waals surface area contributed by atoms with Gasteiger partial charge < -0.3 is 9.80 Å². The van der Waals surface area contributed by atoms with Crippen molar-refractivity contribution < 1.29 is 0 Å². The number of anilines is 2. The second-order valence-corrected chi connectivity index (χ2v) is 7.71. The first kappa shape index (κ1) is 16.7. The molecule has 4 heterocycles. The molecule has 26 heavy (non-hydrogen) atoms. The van der Waals surface area contributed by atoms with Gasteiger partial charge in [-0.2, -0.15) is 14.6 Å². The van der Waals surface area contributed by atoms with Crippen LogP contribution in [0.1, 0.15) is 32.2 Å². The van der Waals surface area contributed by atoms with Gasteiger partial charge >= 0.3 is 0 Å². The highest BCUT2D eigenvalue weighted by Gasteiger charge is 2.23. The second kappa shape index (κ2) is 6.19. The van der Waals surface area contributed by atoms with Crippen molar-refractivity contribution in [3.8, 4) is 0 Å². The molecule has 1 fully saturated rings. The molecule has 0 N–H and O–H groups in total. The van der Waals surface area contributed by atoms with Crippen molar-refractivity contribution >= 4 is 17.4 Å². The van der Waals surface area contributed by atoms with Gasteiger partial charge in [0.1, 0.15) is 24.3 Å². The fourth-order valence-electron chi connectivity index (χ4n) is 3.23. The molecule has 0 spiro atoms. The topological polar surface area (TPSA) is 75.3 Å². The Labute approximate surface area is 152 Å². The molecular formula is C18H24N8. The third-order valence-electron chi connectivity index (χ3n) is 4.71. The van der Waals surface area contributed by atoms with E-state index in [1.165, 1.54) is 0 Å². The molecular weight excluding hydrogens is 328 g/mol. The maximum Gasteiger partial charge on any atom is 0.254 e. The number of aromatic nitrogens is 6. The van der Waals surface area contributed by atoms with Gasteiger partial charge in [-0.15, -0.1) is 0 Å². The lowest BCUT2D eigenvalue weighted by atomic mass is 9.92. The largest absolute Gasteiger partial charge is 0.353 e. The normalized spacial score (nSPS) is 15.7. The number of piperazine rings is 1. The Hall–Kier alpha value is -2.77. The molecule has 0 saturated carbocycles. The van der Waals surface area contributed by atoms with Gasteiger partial charge in [0.15, 0.2) is 0 Å². The smallest absolute Gasteiger partial charge is 0.254 e. The van der Waals surface area contributed by atoms with Crippen LogP contribution in [0.25, 0.3) is 5.78 Å². The molecule has 0 amide bonds. The highest BCUT2D eigenvalue weighted by molar-refractivity contribution is 5.50. The molecule has 1 aliphatic heterocycles. The monoisotopic (exact) mass is 352 g/mol. The molecule has 4 rings (SSSR count). The van der Waals surface area contributed by atoms with Crippen molar-refractivity contribution in [2.24, 2.45) is 0 Å². The second-order valence-electron chi connectivity index (χ2n) is 7.71. The minimum absolute atomic E-state index is 0.0206. The van der Waals surface area contributed by atoms with Crippen LogP contribution in [0.3, 0.4) is 0 Å². The maximum absolute atomic E-state index is 4.49. The summed E-state index contributed by atoms with van der Waals surface area (Å²) in [6, 6.07) is 4.18. The molecule has 1 aliphatic rings.